The van der Waals surface area contributed by atoms with E-state index in [1.807, 2.05) is 25.1 Å². The van der Waals surface area contributed by atoms with Crippen molar-refractivity contribution in [2.24, 2.45) is 5.73 Å². The molecule has 0 saturated carbocycles. The van der Waals surface area contributed by atoms with E-state index in [9.17, 15) is 0 Å². The molecule has 1 rings (SSSR count). The molecule has 0 spiro atoms. The van der Waals surface area contributed by atoms with Gasteiger partial charge < -0.3 is 11.5 Å². The van der Waals surface area contributed by atoms with Crippen LogP contribution in [0, 0.1) is 0 Å². The maximum atomic E-state index is 5.85. The van der Waals surface area contributed by atoms with E-state index in [1.165, 1.54) is 0 Å². The highest BCUT2D eigenvalue weighted by Gasteiger charge is 2.06. The SMILES string of the molecule is CC[C@@H](N)c1ccc(Br)cc1N. The lowest BCUT2D eigenvalue weighted by atomic mass is 10.0. The van der Waals surface area contributed by atoms with Crippen molar-refractivity contribution in [3.05, 3.63) is 28.2 Å². The Kier molecular flexibility index (Phi) is 3.12. The molecule has 0 aliphatic rings. The molecule has 3 heteroatoms. The molecule has 0 saturated heterocycles. The van der Waals surface area contributed by atoms with Gasteiger partial charge in [0.25, 0.3) is 0 Å². The highest BCUT2D eigenvalue weighted by molar-refractivity contribution is 9.10. The van der Waals surface area contributed by atoms with E-state index in [1.54, 1.807) is 0 Å². The molecule has 1 atom stereocenters. The lowest BCUT2D eigenvalue weighted by molar-refractivity contribution is 0.701. The van der Waals surface area contributed by atoms with E-state index >= 15 is 0 Å². The zero-order valence-electron chi connectivity index (χ0n) is 7.05. The standard InChI is InChI=1S/C9H13BrN2/c1-2-8(11)7-4-3-6(10)5-9(7)12/h3-5,8H,2,11-12H2,1H3/t8-/m1/s1. The van der Waals surface area contributed by atoms with E-state index in [-0.39, 0.29) is 6.04 Å². The third-order valence-corrected chi connectivity index (χ3v) is 2.38. The summed E-state index contributed by atoms with van der Waals surface area (Å²) >= 11 is 3.35. The van der Waals surface area contributed by atoms with Crippen molar-refractivity contribution in [2.45, 2.75) is 19.4 Å². The van der Waals surface area contributed by atoms with Crippen LogP contribution in [0.4, 0.5) is 5.69 Å². The number of nitrogen functional groups attached to an aromatic ring is 1. The number of hydrogen-bond acceptors (Lipinski definition) is 2. The minimum atomic E-state index is 0.0538. The van der Waals surface area contributed by atoms with E-state index in [4.69, 9.17) is 11.5 Å². The Morgan fingerprint density at radius 1 is 1.50 bits per heavy atom. The zero-order chi connectivity index (χ0) is 9.14. The van der Waals surface area contributed by atoms with Gasteiger partial charge in [-0.3, -0.25) is 0 Å². The number of anilines is 1. The molecule has 66 valence electrons. The summed E-state index contributed by atoms with van der Waals surface area (Å²) in [5.74, 6) is 0. The molecule has 0 aromatic heterocycles. The van der Waals surface area contributed by atoms with Crippen LogP contribution in [0.15, 0.2) is 22.7 Å². The Hall–Kier alpha value is -0.540. The number of rotatable bonds is 2. The second kappa shape index (κ2) is 3.92. The van der Waals surface area contributed by atoms with Crippen molar-refractivity contribution < 1.29 is 0 Å². The van der Waals surface area contributed by atoms with Crippen molar-refractivity contribution in [3.8, 4) is 0 Å². The Morgan fingerprint density at radius 3 is 2.67 bits per heavy atom. The number of nitrogens with two attached hydrogens (primary N) is 2. The molecule has 0 aliphatic carbocycles. The van der Waals surface area contributed by atoms with Gasteiger partial charge in [-0.1, -0.05) is 28.9 Å². The van der Waals surface area contributed by atoms with Gasteiger partial charge in [0.05, 0.1) is 0 Å². The summed E-state index contributed by atoms with van der Waals surface area (Å²) in [5, 5.41) is 0. The van der Waals surface area contributed by atoms with E-state index in [2.05, 4.69) is 15.9 Å². The highest BCUT2D eigenvalue weighted by atomic mass is 79.9. The number of halogens is 1. The summed E-state index contributed by atoms with van der Waals surface area (Å²) in [6.07, 6.45) is 0.909. The molecule has 0 heterocycles. The largest absolute Gasteiger partial charge is 0.398 e. The first-order valence-corrected chi connectivity index (χ1v) is 4.75. The lowest BCUT2D eigenvalue weighted by Crippen LogP contribution is -2.10. The quantitative estimate of drug-likeness (QED) is 0.765. The molecule has 2 nitrogen and oxygen atoms in total. The Morgan fingerprint density at radius 2 is 2.17 bits per heavy atom. The molecule has 0 bridgehead atoms. The molecule has 0 fully saturated rings. The van der Waals surface area contributed by atoms with Gasteiger partial charge in [0.2, 0.25) is 0 Å². The van der Waals surface area contributed by atoms with Gasteiger partial charge in [-0.05, 0) is 24.1 Å². The van der Waals surface area contributed by atoms with Crippen molar-refractivity contribution >= 4 is 21.6 Å². The van der Waals surface area contributed by atoms with Gasteiger partial charge in [0.1, 0.15) is 0 Å². The van der Waals surface area contributed by atoms with Gasteiger partial charge in [-0.15, -0.1) is 0 Å². The number of hydrogen-bond donors (Lipinski definition) is 2. The average molecular weight is 229 g/mol. The summed E-state index contributed by atoms with van der Waals surface area (Å²) in [7, 11) is 0. The topological polar surface area (TPSA) is 52.0 Å². The van der Waals surface area contributed by atoms with Gasteiger partial charge in [0.15, 0.2) is 0 Å². The fraction of sp³-hybridized carbons (Fsp3) is 0.333. The van der Waals surface area contributed by atoms with Crippen LogP contribution >= 0.6 is 15.9 Å². The Balaban J connectivity index is 3.01. The molecule has 4 N–H and O–H groups in total. The van der Waals surface area contributed by atoms with Crippen LogP contribution in [-0.2, 0) is 0 Å². The molecule has 0 amide bonds. The molecule has 1 aromatic carbocycles. The van der Waals surface area contributed by atoms with Gasteiger partial charge >= 0.3 is 0 Å². The van der Waals surface area contributed by atoms with Crippen molar-refractivity contribution in [1.29, 1.82) is 0 Å². The van der Waals surface area contributed by atoms with Crippen molar-refractivity contribution in [1.82, 2.24) is 0 Å². The van der Waals surface area contributed by atoms with Crippen LogP contribution in [0.1, 0.15) is 24.9 Å². The third kappa shape index (κ3) is 1.99. The van der Waals surface area contributed by atoms with Crippen LogP contribution in [-0.4, -0.2) is 0 Å². The van der Waals surface area contributed by atoms with Crippen LogP contribution in [0.2, 0.25) is 0 Å². The van der Waals surface area contributed by atoms with Gasteiger partial charge in [-0.25, -0.2) is 0 Å². The third-order valence-electron chi connectivity index (χ3n) is 1.89. The maximum Gasteiger partial charge on any atom is 0.0373 e. The zero-order valence-corrected chi connectivity index (χ0v) is 8.64. The first-order chi connectivity index (χ1) is 5.65. The molecule has 0 unspecified atom stereocenters. The van der Waals surface area contributed by atoms with Gasteiger partial charge in [0, 0.05) is 16.2 Å². The second-order valence-corrected chi connectivity index (χ2v) is 3.70. The second-order valence-electron chi connectivity index (χ2n) is 2.79. The predicted octanol–water partition coefficient (Wildman–Crippen LogP) is 2.44. The normalized spacial score (nSPS) is 12.9. The maximum absolute atomic E-state index is 5.85. The average Bonchev–Trinajstić information content (AvgIpc) is 2.03. The number of benzene rings is 1. The Labute approximate surface area is 81.1 Å². The Bertz CT molecular complexity index is 273. The summed E-state index contributed by atoms with van der Waals surface area (Å²) in [6, 6.07) is 5.86. The lowest BCUT2D eigenvalue weighted by Gasteiger charge is -2.11. The molecule has 0 aliphatic heterocycles. The minimum Gasteiger partial charge on any atom is -0.398 e. The van der Waals surface area contributed by atoms with E-state index in [0.29, 0.717) is 0 Å². The van der Waals surface area contributed by atoms with E-state index in [0.717, 1.165) is 22.1 Å². The van der Waals surface area contributed by atoms with Crippen molar-refractivity contribution in [2.75, 3.05) is 5.73 Å². The fourth-order valence-corrected chi connectivity index (χ4v) is 1.48. The first-order valence-electron chi connectivity index (χ1n) is 3.95. The van der Waals surface area contributed by atoms with Crippen LogP contribution < -0.4 is 11.5 Å². The first kappa shape index (κ1) is 9.55. The fourth-order valence-electron chi connectivity index (χ4n) is 1.10. The smallest absolute Gasteiger partial charge is 0.0373 e. The predicted molar refractivity (Wildman–Crippen MR) is 55.8 cm³/mol. The minimum absolute atomic E-state index is 0.0538. The molecule has 1 aromatic rings. The van der Waals surface area contributed by atoms with Crippen molar-refractivity contribution in [3.63, 3.8) is 0 Å². The van der Waals surface area contributed by atoms with Crippen LogP contribution in [0.5, 0.6) is 0 Å². The molecular formula is C9H13BrN2. The highest BCUT2D eigenvalue weighted by Crippen LogP contribution is 2.24. The summed E-state index contributed by atoms with van der Waals surface area (Å²) in [4.78, 5) is 0. The summed E-state index contributed by atoms with van der Waals surface area (Å²) in [6.45, 7) is 2.05. The molecule has 12 heavy (non-hydrogen) atoms. The van der Waals surface area contributed by atoms with Gasteiger partial charge in [-0.2, -0.15) is 0 Å². The van der Waals surface area contributed by atoms with Crippen LogP contribution in [0.3, 0.4) is 0 Å². The monoisotopic (exact) mass is 228 g/mol. The van der Waals surface area contributed by atoms with Crippen LogP contribution in [0.25, 0.3) is 0 Å². The summed E-state index contributed by atoms with van der Waals surface area (Å²) in [5.41, 5.74) is 13.4. The van der Waals surface area contributed by atoms with E-state index < -0.39 is 0 Å². The summed E-state index contributed by atoms with van der Waals surface area (Å²) < 4.78 is 0.993. The molecule has 0 radical (unpaired) electrons. The molecular weight excluding hydrogens is 216 g/mol.